The van der Waals surface area contributed by atoms with Crippen molar-refractivity contribution >= 4 is 85.2 Å². The standard InChI is InChI=1S/C9H14N2O2S2.C8H12N2O2S2.C7H10N2O2S2/c1-3-4-5-6-13-9-10-8(11-15-9)14-7(2)12;1-3-4-5-12-8-9-7(10-14-8)13-6(2)11;1-3-4-11-7-8-6(9-13-7)12-5(2)10/h3-6H2,1-2H3;3-5H2,1-2H3;3-4H2,1-2H3. The van der Waals surface area contributed by atoms with Crippen LogP contribution in [0.15, 0.2) is 15.5 Å². The first-order chi connectivity index (χ1) is 20.2. The molecule has 0 saturated heterocycles. The van der Waals surface area contributed by atoms with Gasteiger partial charge in [0, 0.05) is 55.4 Å². The summed E-state index contributed by atoms with van der Waals surface area (Å²) in [5.74, 6) is 0. The fourth-order valence-corrected chi connectivity index (χ4v) is 5.78. The quantitative estimate of drug-likeness (QED) is 0.117. The molecule has 3 aromatic heterocycles. The molecular formula is C24H36N6O6S6. The molecule has 0 radical (unpaired) electrons. The van der Waals surface area contributed by atoms with Crippen molar-refractivity contribution in [1.82, 2.24) is 28.1 Å². The highest BCUT2D eigenvalue weighted by Gasteiger charge is 2.09. The second kappa shape index (κ2) is 23.6. The minimum Gasteiger partial charge on any atom is -0.469 e. The van der Waals surface area contributed by atoms with Crippen LogP contribution in [-0.2, 0) is 14.4 Å². The second-order valence-corrected chi connectivity index (χ2v) is 13.5. The van der Waals surface area contributed by atoms with E-state index < -0.39 is 0 Å². The first-order valence-electron chi connectivity index (χ1n) is 13.1. The van der Waals surface area contributed by atoms with Crippen molar-refractivity contribution in [1.29, 1.82) is 0 Å². The van der Waals surface area contributed by atoms with Crippen molar-refractivity contribution in [2.45, 2.75) is 95.5 Å². The lowest BCUT2D eigenvalue weighted by atomic mass is 10.3. The normalized spacial score (nSPS) is 10.1. The number of rotatable bonds is 15. The van der Waals surface area contributed by atoms with Crippen LogP contribution in [0.4, 0.5) is 0 Å². The Kier molecular flexibility index (Phi) is 21.4. The summed E-state index contributed by atoms with van der Waals surface area (Å²) in [7, 11) is 0. The Morgan fingerprint density at radius 3 is 1.24 bits per heavy atom. The van der Waals surface area contributed by atoms with Gasteiger partial charge in [0.2, 0.25) is 15.5 Å². The smallest absolute Gasteiger partial charge is 0.293 e. The predicted octanol–water partition coefficient (Wildman–Crippen LogP) is 7.07. The Labute approximate surface area is 271 Å². The molecule has 0 fully saturated rings. The number of aromatic nitrogens is 6. The highest BCUT2D eigenvalue weighted by Crippen LogP contribution is 2.24. The van der Waals surface area contributed by atoms with Crippen molar-refractivity contribution in [3.05, 3.63) is 0 Å². The Hall–Kier alpha value is -1.86. The van der Waals surface area contributed by atoms with E-state index in [1.54, 1.807) is 0 Å². The third-order valence-electron chi connectivity index (χ3n) is 4.00. The lowest BCUT2D eigenvalue weighted by molar-refractivity contribution is -0.109. The van der Waals surface area contributed by atoms with Crippen LogP contribution in [-0.4, -0.2) is 63.2 Å². The third kappa shape index (κ3) is 19.4. The van der Waals surface area contributed by atoms with Gasteiger partial charge >= 0.3 is 0 Å². The Morgan fingerprint density at radius 2 is 0.905 bits per heavy atom. The molecule has 0 bridgehead atoms. The molecule has 3 heterocycles. The van der Waals surface area contributed by atoms with Gasteiger partial charge in [0.05, 0.1) is 19.8 Å². The molecule has 18 heteroatoms. The molecule has 0 amide bonds. The van der Waals surface area contributed by atoms with Crippen LogP contribution in [0, 0.1) is 0 Å². The zero-order chi connectivity index (χ0) is 31.2. The number of carbonyl (C=O) groups excluding carboxylic acids is 3. The molecule has 0 spiro atoms. The molecule has 3 rings (SSSR count). The minimum absolute atomic E-state index is 0.00895. The number of nitrogens with zero attached hydrogens (tertiary/aromatic N) is 6. The molecule has 0 saturated carbocycles. The van der Waals surface area contributed by atoms with Gasteiger partial charge in [-0.25, -0.2) is 0 Å². The molecular weight excluding hydrogens is 661 g/mol. The molecule has 0 N–H and O–H groups in total. The van der Waals surface area contributed by atoms with Crippen molar-refractivity contribution < 1.29 is 28.6 Å². The molecule has 0 unspecified atom stereocenters. The maximum atomic E-state index is 10.8. The van der Waals surface area contributed by atoms with Crippen LogP contribution in [0.25, 0.3) is 0 Å². The second-order valence-electron chi connectivity index (χ2n) is 7.92. The molecule has 42 heavy (non-hydrogen) atoms. The highest BCUT2D eigenvalue weighted by molar-refractivity contribution is 8.14. The fraction of sp³-hybridized carbons (Fsp3) is 0.625. The maximum absolute atomic E-state index is 10.8. The summed E-state index contributed by atoms with van der Waals surface area (Å²) in [6.07, 6.45) is 6.40. The zero-order valence-corrected chi connectivity index (χ0v) is 29.3. The van der Waals surface area contributed by atoms with Gasteiger partial charge in [-0.05, 0) is 54.5 Å². The number of hydrogen-bond donors (Lipinski definition) is 0. The van der Waals surface area contributed by atoms with Gasteiger partial charge in [0.25, 0.3) is 15.6 Å². The Balaban J connectivity index is 0.000000316. The summed E-state index contributed by atoms with van der Waals surface area (Å²) < 4.78 is 27.9. The first kappa shape index (κ1) is 38.2. The van der Waals surface area contributed by atoms with E-state index in [2.05, 4.69) is 41.9 Å². The Morgan fingerprint density at radius 1 is 0.548 bits per heavy atom. The number of ether oxygens (including phenoxy) is 3. The monoisotopic (exact) mass is 696 g/mol. The topological polar surface area (TPSA) is 156 Å². The van der Waals surface area contributed by atoms with E-state index in [4.69, 9.17) is 14.2 Å². The summed E-state index contributed by atoms with van der Waals surface area (Å²) in [6.45, 7) is 12.7. The number of thioether (sulfide) groups is 3. The average Bonchev–Trinajstić information content (AvgIpc) is 3.68. The lowest BCUT2D eigenvalue weighted by Gasteiger charge is -1.99. The molecule has 234 valence electrons. The van der Waals surface area contributed by atoms with Gasteiger partial charge in [0.1, 0.15) is 0 Å². The lowest BCUT2D eigenvalue weighted by Crippen LogP contribution is -1.96. The molecule has 12 nitrogen and oxygen atoms in total. The van der Waals surface area contributed by atoms with Crippen LogP contribution in [0.1, 0.15) is 80.1 Å². The van der Waals surface area contributed by atoms with E-state index >= 15 is 0 Å². The molecule has 0 aliphatic carbocycles. The van der Waals surface area contributed by atoms with E-state index in [9.17, 15) is 14.4 Å². The van der Waals surface area contributed by atoms with Gasteiger partial charge in [-0.1, -0.05) is 40.0 Å². The van der Waals surface area contributed by atoms with Gasteiger partial charge < -0.3 is 14.2 Å². The SMILES string of the molecule is CCCCCOc1nc(SC(C)=O)ns1.CCCCOc1nc(SC(C)=O)ns1.CCCOc1nc(SC(C)=O)ns1. The summed E-state index contributed by atoms with van der Waals surface area (Å²) in [5.41, 5.74) is 0. The maximum Gasteiger partial charge on any atom is 0.293 e. The highest BCUT2D eigenvalue weighted by atomic mass is 32.2. The summed E-state index contributed by atoms with van der Waals surface area (Å²) in [5, 5.41) is 3.03. The van der Waals surface area contributed by atoms with Crippen molar-refractivity contribution in [2.24, 2.45) is 0 Å². The van der Waals surface area contributed by atoms with E-state index in [1.165, 1.54) is 61.8 Å². The summed E-state index contributed by atoms with van der Waals surface area (Å²) in [6, 6.07) is 0. The number of unbranched alkanes of at least 4 members (excludes halogenated alkanes) is 3. The molecule has 0 aliphatic heterocycles. The van der Waals surface area contributed by atoms with E-state index in [-0.39, 0.29) is 15.3 Å². The van der Waals surface area contributed by atoms with Crippen LogP contribution in [0.3, 0.4) is 0 Å². The number of hydrogen-bond acceptors (Lipinski definition) is 18. The number of carbonyl (C=O) groups is 3. The van der Waals surface area contributed by atoms with E-state index in [0.717, 1.165) is 67.4 Å². The molecule has 0 atom stereocenters. The van der Waals surface area contributed by atoms with Gasteiger partial charge in [-0.15, -0.1) is 0 Å². The van der Waals surface area contributed by atoms with Crippen molar-refractivity contribution in [3.8, 4) is 15.6 Å². The van der Waals surface area contributed by atoms with E-state index in [1.807, 2.05) is 6.92 Å². The fourth-order valence-electron chi connectivity index (χ4n) is 2.28. The molecule has 0 aliphatic rings. The van der Waals surface area contributed by atoms with E-state index in [0.29, 0.717) is 50.9 Å². The zero-order valence-electron chi connectivity index (χ0n) is 24.4. The first-order valence-corrected chi connectivity index (χ1v) is 17.9. The molecule has 3 aromatic rings. The van der Waals surface area contributed by atoms with Crippen molar-refractivity contribution in [2.75, 3.05) is 19.8 Å². The summed E-state index contributed by atoms with van der Waals surface area (Å²) >= 11 is 6.64. The van der Waals surface area contributed by atoms with Crippen LogP contribution in [0.2, 0.25) is 0 Å². The van der Waals surface area contributed by atoms with Crippen molar-refractivity contribution in [3.63, 3.8) is 0 Å². The summed E-state index contributed by atoms with van der Waals surface area (Å²) in [4.78, 5) is 44.3. The Bertz CT molecular complexity index is 1190. The van der Waals surface area contributed by atoms with Gasteiger partial charge in [0.15, 0.2) is 15.3 Å². The predicted molar refractivity (Wildman–Crippen MR) is 171 cm³/mol. The van der Waals surface area contributed by atoms with Gasteiger partial charge in [-0.3, -0.25) is 14.4 Å². The largest absolute Gasteiger partial charge is 0.469 e. The minimum atomic E-state index is -0.0140. The van der Waals surface area contributed by atoms with Crippen LogP contribution < -0.4 is 14.2 Å². The third-order valence-corrected chi connectivity index (χ3v) is 8.19. The molecule has 0 aromatic carbocycles. The van der Waals surface area contributed by atoms with Crippen LogP contribution in [0.5, 0.6) is 15.6 Å². The van der Waals surface area contributed by atoms with Crippen LogP contribution >= 0.6 is 69.9 Å². The van der Waals surface area contributed by atoms with Gasteiger partial charge in [-0.2, -0.15) is 28.1 Å². The average molecular weight is 697 g/mol.